The molecule has 0 radical (unpaired) electrons. The molecule has 4 rings (SSSR count). The first-order valence-electron chi connectivity index (χ1n) is 12.8. The van der Waals surface area contributed by atoms with Gasteiger partial charge in [-0.25, -0.2) is 8.42 Å². The highest BCUT2D eigenvalue weighted by Gasteiger charge is 2.24. The van der Waals surface area contributed by atoms with E-state index in [-0.39, 0.29) is 16.6 Å². The standard InChI is InChI=1S/C29H34N4O6S/c1-5-30-27-20(2)7-6-8-26(27)40(36,37)31-23-11-9-22(10-12-23)29(35)33-15-13-32(14-16-33)19-21-17-24(38-3)28(34)25(18-21)39-4/h5-12,17-18,31,34H,13-16,19H2,1-4H3. The molecule has 3 aromatic rings. The van der Waals surface area contributed by atoms with Gasteiger partial charge in [0.05, 0.1) is 19.9 Å². The van der Waals surface area contributed by atoms with Gasteiger partial charge in [-0.2, -0.15) is 0 Å². The predicted octanol–water partition coefficient (Wildman–Crippen LogP) is 4.20. The number of anilines is 1. The fourth-order valence-electron chi connectivity index (χ4n) is 4.62. The second-order valence-corrected chi connectivity index (χ2v) is 11.1. The van der Waals surface area contributed by atoms with Gasteiger partial charge in [0.2, 0.25) is 5.75 Å². The van der Waals surface area contributed by atoms with Crippen molar-refractivity contribution in [3.8, 4) is 17.2 Å². The molecular formula is C29H34N4O6S. The Morgan fingerprint density at radius 2 is 1.65 bits per heavy atom. The topological polar surface area (TPSA) is 121 Å². The van der Waals surface area contributed by atoms with Gasteiger partial charge in [0, 0.05) is 50.2 Å². The quantitative estimate of drug-likeness (QED) is 0.373. The number of carbonyl (C=O) groups is 1. The average Bonchev–Trinajstić information content (AvgIpc) is 2.95. The highest BCUT2D eigenvalue weighted by molar-refractivity contribution is 7.92. The Labute approximate surface area is 234 Å². The first kappa shape index (κ1) is 28.9. The van der Waals surface area contributed by atoms with Crippen LogP contribution in [0.4, 0.5) is 11.4 Å². The molecule has 0 bridgehead atoms. The van der Waals surface area contributed by atoms with Gasteiger partial charge in [-0.1, -0.05) is 12.1 Å². The number of amides is 1. The fourth-order valence-corrected chi connectivity index (χ4v) is 5.91. The molecular weight excluding hydrogens is 532 g/mol. The van der Waals surface area contributed by atoms with Crippen molar-refractivity contribution in [2.75, 3.05) is 45.1 Å². The van der Waals surface area contributed by atoms with Gasteiger partial charge in [0.1, 0.15) is 4.90 Å². The number of hydrogen-bond donors (Lipinski definition) is 2. The number of rotatable bonds is 9. The van der Waals surface area contributed by atoms with E-state index < -0.39 is 10.0 Å². The zero-order chi connectivity index (χ0) is 28.9. The number of benzene rings is 3. The van der Waals surface area contributed by atoms with Gasteiger partial charge in [0.15, 0.2) is 11.5 Å². The number of hydrogen-bond acceptors (Lipinski definition) is 8. The normalized spacial score (nSPS) is 14.3. The summed E-state index contributed by atoms with van der Waals surface area (Å²) < 4.78 is 39.2. The Balaban J connectivity index is 1.37. The van der Waals surface area contributed by atoms with Crippen molar-refractivity contribution >= 4 is 33.5 Å². The highest BCUT2D eigenvalue weighted by atomic mass is 32.2. The Morgan fingerprint density at radius 1 is 1.02 bits per heavy atom. The summed E-state index contributed by atoms with van der Waals surface area (Å²) in [5.41, 5.74) is 2.92. The molecule has 0 spiro atoms. The molecule has 0 saturated carbocycles. The monoisotopic (exact) mass is 566 g/mol. The van der Waals surface area contributed by atoms with E-state index in [1.54, 1.807) is 60.5 Å². The zero-order valence-corrected chi connectivity index (χ0v) is 23.9. The number of nitrogens with zero attached hydrogens (tertiary/aromatic N) is 3. The lowest BCUT2D eigenvalue weighted by atomic mass is 10.1. The highest BCUT2D eigenvalue weighted by Crippen LogP contribution is 2.37. The van der Waals surface area contributed by atoms with Crippen LogP contribution in [0.1, 0.15) is 28.4 Å². The summed E-state index contributed by atoms with van der Waals surface area (Å²) >= 11 is 0. The number of aryl methyl sites for hydroxylation is 1. The Hall–Kier alpha value is -4.09. The van der Waals surface area contributed by atoms with Crippen molar-refractivity contribution < 1.29 is 27.8 Å². The average molecular weight is 567 g/mol. The van der Waals surface area contributed by atoms with Crippen LogP contribution in [0.3, 0.4) is 0 Å². The van der Waals surface area contributed by atoms with E-state index in [4.69, 9.17) is 9.47 Å². The third-order valence-corrected chi connectivity index (χ3v) is 8.15. The molecule has 40 heavy (non-hydrogen) atoms. The number of aromatic hydroxyl groups is 1. The summed E-state index contributed by atoms with van der Waals surface area (Å²) in [6.07, 6.45) is 1.56. The van der Waals surface area contributed by atoms with E-state index in [0.717, 1.165) is 11.1 Å². The van der Waals surface area contributed by atoms with Crippen LogP contribution in [-0.2, 0) is 16.6 Å². The maximum Gasteiger partial charge on any atom is 0.264 e. The van der Waals surface area contributed by atoms with Gasteiger partial charge >= 0.3 is 0 Å². The van der Waals surface area contributed by atoms with Crippen LogP contribution in [0.15, 0.2) is 64.5 Å². The molecule has 212 valence electrons. The van der Waals surface area contributed by atoms with Gasteiger partial charge < -0.3 is 19.5 Å². The van der Waals surface area contributed by atoms with Crippen LogP contribution in [0.5, 0.6) is 17.2 Å². The number of aliphatic imine (C=N–C) groups is 1. The molecule has 2 N–H and O–H groups in total. The van der Waals surface area contributed by atoms with Crippen molar-refractivity contribution in [2.24, 2.45) is 4.99 Å². The molecule has 1 saturated heterocycles. The molecule has 0 atom stereocenters. The number of nitrogens with one attached hydrogen (secondary N) is 1. The molecule has 0 aliphatic carbocycles. The second kappa shape index (κ2) is 12.4. The molecule has 1 heterocycles. The second-order valence-electron chi connectivity index (χ2n) is 9.41. The Kier molecular flexibility index (Phi) is 8.96. The largest absolute Gasteiger partial charge is 0.502 e. The molecule has 1 aliphatic heterocycles. The molecule has 0 aromatic heterocycles. The maximum absolute atomic E-state index is 13.1. The van der Waals surface area contributed by atoms with E-state index >= 15 is 0 Å². The minimum atomic E-state index is -3.88. The summed E-state index contributed by atoms with van der Waals surface area (Å²) in [4.78, 5) is 21.5. The van der Waals surface area contributed by atoms with Crippen LogP contribution in [0, 0.1) is 6.92 Å². The number of piperazine rings is 1. The van der Waals surface area contributed by atoms with Crippen LogP contribution < -0.4 is 14.2 Å². The van der Waals surface area contributed by atoms with Gasteiger partial charge in [0.25, 0.3) is 15.9 Å². The summed E-state index contributed by atoms with van der Waals surface area (Å²) in [6, 6.07) is 15.0. The van der Waals surface area contributed by atoms with Gasteiger partial charge in [-0.15, -0.1) is 0 Å². The minimum absolute atomic E-state index is 0.0337. The molecule has 3 aromatic carbocycles. The minimum Gasteiger partial charge on any atom is -0.502 e. The SMILES string of the molecule is CC=Nc1c(C)cccc1S(=O)(=O)Nc1ccc(C(=O)N2CCN(Cc3cc(OC)c(O)c(OC)c3)CC2)cc1. The van der Waals surface area contributed by atoms with Gasteiger partial charge in [-0.05, 0) is 67.4 Å². The third kappa shape index (κ3) is 6.37. The number of phenolic OH excluding ortho intramolecular Hbond substituents is 1. The van der Waals surface area contributed by atoms with Crippen LogP contribution in [0.2, 0.25) is 0 Å². The van der Waals surface area contributed by atoms with Gasteiger partial charge in [-0.3, -0.25) is 19.4 Å². The fraction of sp³-hybridized carbons (Fsp3) is 0.310. The Bertz CT molecular complexity index is 1470. The van der Waals surface area contributed by atoms with Crippen molar-refractivity contribution in [3.05, 3.63) is 71.3 Å². The molecule has 1 aliphatic rings. The summed E-state index contributed by atoms with van der Waals surface area (Å²) in [7, 11) is -0.894. The lowest BCUT2D eigenvalue weighted by Crippen LogP contribution is -2.48. The van der Waals surface area contributed by atoms with E-state index in [2.05, 4.69) is 14.6 Å². The van der Waals surface area contributed by atoms with Crippen molar-refractivity contribution in [1.29, 1.82) is 0 Å². The summed E-state index contributed by atoms with van der Waals surface area (Å²) in [5.74, 6) is 0.555. The molecule has 11 heteroatoms. The van der Waals surface area contributed by atoms with Crippen molar-refractivity contribution in [2.45, 2.75) is 25.3 Å². The molecule has 1 fully saturated rings. The molecule has 0 unspecified atom stereocenters. The number of carbonyl (C=O) groups excluding carboxylic acids is 1. The van der Waals surface area contributed by atoms with E-state index in [1.165, 1.54) is 20.3 Å². The number of para-hydroxylation sites is 1. The van der Waals surface area contributed by atoms with Crippen LogP contribution >= 0.6 is 0 Å². The van der Waals surface area contributed by atoms with E-state index in [0.29, 0.717) is 61.2 Å². The third-order valence-electron chi connectivity index (χ3n) is 6.74. The first-order chi connectivity index (χ1) is 19.2. The number of methoxy groups -OCH3 is 2. The lowest BCUT2D eigenvalue weighted by molar-refractivity contribution is 0.0628. The molecule has 10 nitrogen and oxygen atoms in total. The Morgan fingerprint density at radius 3 is 2.23 bits per heavy atom. The van der Waals surface area contributed by atoms with Crippen LogP contribution in [-0.4, -0.2) is 75.8 Å². The van der Waals surface area contributed by atoms with Crippen molar-refractivity contribution in [1.82, 2.24) is 9.80 Å². The number of ether oxygens (including phenoxy) is 2. The summed E-state index contributed by atoms with van der Waals surface area (Å²) in [5, 5.41) is 10.1. The first-order valence-corrected chi connectivity index (χ1v) is 14.3. The lowest BCUT2D eigenvalue weighted by Gasteiger charge is -2.35. The smallest absolute Gasteiger partial charge is 0.264 e. The number of sulfonamides is 1. The molecule has 1 amide bonds. The van der Waals surface area contributed by atoms with E-state index in [9.17, 15) is 18.3 Å². The van der Waals surface area contributed by atoms with E-state index in [1.807, 2.05) is 13.0 Å². The predicted molar refractivity (Wildman–Crippen MR) is 155 cm³/mol. The van der Waals surface area contributed by atoms with Crippen molar-refractivity contribution in [3.63, 3.8) is 0 Å². The maximum atomic E-state index is 13.1. The van der Waals surface area contributed by atoms with Crippen LogP contribution in [0.25, 0.3) is 0 Å². The zero-order valence-electron chi connectivity index (χ0n) is 23.0. The number of phenols is 1. The summed E-state index contributed by atoms with van der Waals surface area (Å²) in [6.45, 7) is 6.61.